The van der Waals surface area contributed by atoms with E-state index in [9.17, 15) is 4.79 Å². The van der Waals surface area contributed by atoms with Gasteiger partial charge >= 0.3 is 5.97 Å². The molecule has 0 aliphatic carbocycles. The van der Waals surface area contributed by atoms with Crippen molar-refractivity contribution in [1.29, 1.82) is 0 Å². The first-order valence-electron chi connectivity index (χ1n) is 6.83. The number of hydrogen-bond donors (Lipinski definition) is 0. The van der Waals surface area contributed by atoms with Crippen LogP contribution >= 0.6 is 0 Å². The molecule has 0 saturated heterocycles. The van der Waals surface area contributed by atoms with E-state index < -0.39 is 0 Å². The van der Waals surface area contributed by atoms with Crippen molar-refractivity contribution in [3.05, 3.63) is 0 Å². The molecule has 0 rings (SSSR count). The summed E-state index contributed by atoms with van der Waals surface area (Å²) in [5.74, 6) is 6.14. The molecule has 2 heteroatoms. The molecule has 0 radical (unpaired) electrons. The van der Waals surface area contributed by atoms with E-state index in [2.05, 4.69) is 23.5 Å². The summed E-state index contributed by atoms with van der Waals surface area (Å²) in [7, 11) is 1.42. The van der Waals surface area contributed by atoms with Crippen molar-refractivity contribution in [2.45, 2.75) is 71.1 Å². The lowest BCUT2D eigenvalue weighted by Crippen LogP contribution is -1.98. The Morgan fingerprint density at radius 3 is 2.18 bits per heavy atom. The Hall–Kier alpha value is -0.970. The molecule has 0 aromatic heterocycles. The highest BCUT2D eigenvalue weighted by Crippen LogP contribution is 2.06. The molecular weight excluding hydrogens is 212 g/mol. The Balaban J connectivity index is 3.18. The van der Waals surface area contributed by atoms with E-state index in [4.69, 9.17) is 0 Å². The Morgan fingerprint density at radius 2 is 1.53 bits per heavy atom. The third-order valence-electron chi connectivity index (χ3n) is 2.69. The van der Waals surface area contributed by atoms with Gasteiger partial charge in [-0.2, -0.15) is 0 Å². The van der Waals surface area contributed by atoms with E-state index in [-0.39, 0.29) is 5.97 Å². The van der Waals surface area contributed by atoms with E-state index in [1.807, 2.05) is 0 Å². The van der Waals surface area contributed by atoms with Gasteiger partial charge in [0.15, 0.2) is 0 Å². The zero-order valence-electron chi connectivity index (χ0n) is 11.4. The van der Waals surface area contributed by atoms with Crippen LogP contribution in [0, 0.1) is 11.8 Å². The highest BCUT2D eigenvalue weighted by Gasteiger charge is 1.96. The maximum Gasteiger partial charge on any atom is 0.305 e. The molecule has 0 bridgehead atoms. The fraction of sp³-hybridized carbons (Fsp3) is 0.800. The summed E-state index contributed by atoms with van der Waals surface area (Å²) in [5.41, 5.74) is 0. The molecule has 0 N–H and O–H groups in total. The van der Waals surface area contributed by atoms with Crippen LogP contribution in [-0.4, -0.2) is 13.1 Å². The predicted octanol–water partition coefficient (Wildman–Crippen LogP) is 4.08. The van der Waals surface area contributed by atoms with Crippen molar-refractivity contribution in [3.63, 3.8) is 0 Å². The number of hydrogen-bond acceptors (Lipinski definition) is 2. The van der Waals surface area contributed by atoms with Crippen LogP contribution < -0.4 is 0 Å². The average Bonchev–Trinajstić information content (AvgIpc) is 2.35. The molecule has 0 saturated carbocycles. The second-order valence-corrected chi connectivity index (χ2v) is 4.30. The van der Waals surface area contributed by atoms with Gasteiger partial charge < -0.3 is 4.74 Å². The maximum absolute atomic E-state index is 10.8. The summed E-state index contributed by atoms with van der Waals surface area (Å²) < 4.78 is 4.55. The Morgan fingerprint density at radius 1 is 0.941 bits per heavy atom. The standard InChI is InChI=1S/C15H26O2/c1-3-4-5-6-7-8-9-10-11-12-13-14-15(16)17-2/h3-9,12-14H2,1-2H3. The normalized spacial score (nSPS) is 9.53. The second-order valence-electron chi connectivity index (χ2n) is 4.30. The maximum atomic E-state index is 10.8. The molecule has 0 spiro atoms. The molecule has 98 valence electrons. The van der Waals surface area contributed by atoms with Crippen LogP contribution in [0.3, 0.4) is 0 Å². The molecule has 0 aliphatic rings. The van der Waals surface area contributed by atoms with Gasteiger partial charge in [0.25, 0.3) is 0 Å². The largest absolute Gasteiger partial charge is 0.469 e. The summed E-state index contributed by atoms with van der Waals surface area (Å²) in [6, 6.07) is 0. The number of esters is 1. The Labute approximate surface area is 106 Å². The van der Waals surface area contributed by atoms with Crippen molar-refractivity contribution < 1.29 is 9.53 Å². The molecule has 0 aromatic rings. The predicted molar refractivity (Wildman–Crippen MR) is 71.6 cm³/mol. The van der Waals surface area contributed by atoms with Crippen molar-refractivity contribution in [3.8, 4) is 11.8 Å². The van der Waals surface area contributed by atoms with Crippen LogP contribution in [0.1, 0.15) is 71.1 Å². The van der Waals surface area contributed by atoms with E-state index >= 15 is 0 Å². The fourth-order valence-electron chi connectivity index (χ4n) is 1.59. The molecule has 0 unspecified atom stereocenters. The van der Waals surface area contributed by atoms with Crippen LogP contribution in [0.15, 0.2) is 0 Å². The van der Waals surface area contributed by atoms with Gasteiger partial charge in [-0.25, -0.2) is 0 Å². The molecule has 0 aromatic carbocycles. The third-order valence-corrected chi connectivity index (χ3v) is 2.69. The highest BCUT2D eigenvalue weighted by molar-refractivity contribution is 5.69. The molecule has 0 atom stereocenters. The van der Waals surface area contributed by atoms with Gasteiger partial charge in [0.05, 0.1) is 7.11 Å². The smallest absolute Gasteiger partial charge is 0.305 e. The third kappa shape index (κ3) is 13.0. The first-order valence-corrected chi connectivity index (χ1v) is 6.83. The molecule has 2 nitrogen and oxygen atoms in total. The molecule has 0 fully saturated rings. The second kappa shape index (κ2) is 13.1. The van der Waals surface area contributed by atoms with Crippen LogP contribution in [-0.2, 0) is 9.53 Å². The SMILES string of the molecule is CCCCCCCCC#CCCCC(=O)OC. The Bertz CT molecular complexity index is 235. The molecule has 0 aliphatic heterocycles. The van der Waals surface area contributed by atoms with Crippen molar-refractivity contribution in [1.82, 2.24) is 0 Å². The minimum absolute atomic E-state index is 0.136. The lowest BCUT2D eigenvalue weighted by molar-refractivity contribution is -0.140. The number of carbonyl (C=O) groups is 1. The monoisotopic (exact) mass is 238 g/mol. The van der Waals surface area contributed by atoms with Crippen LogP contribution in [0.5, 0.6) is 0 Å². The minimum atomic E-state index is -0.136. The molecule has 0 amide bonds. The summed E-state index contributed by atoms with van der Waals surface area (Å²) in [4.78, 5) is 10.8. The average molecular weight is 238 g/mol. The summed E-state index contributed by atoms with van der Waals surface area (Å²) in [6.45, 7) is 2.24. The van der Waals surface area contributed by atoms with Gasteiger partial charge in [0.2, 0.25) is 0 Å². The zero-order valence-corrected chi connectivity index (χ0v) is 11.4. The molecule has 0 heterocycles. The lowest BCUT2D eigenvalue weighted by atomic mass is 10.1. The van der Waals surface area contributed by atoms with E-state index in [1.54, 1.807) is 0 Å². The van der Waals surface area contributed by atoms with Crippen molar-refractivity contribution in [2.75, 3.05) is 7.11 Å². The number of unbranched alkanes of at least 4 members (excludes halogenated alkanes) is 7. The van der Waals surface area contributed by atoms with Gasteiger partial charge in [0, 0.05) is 19.3 Å². The lowest BCUT2D eigenvalue weighted by Gasteiger charge is -1.96. The minimum Gasteiger partial charge on any atom is -0.469 e. The van der Waals surface area contributed by atoms with Gasteiger partial charge in [-0.05, 0) is 12.8 Å². The first kappa shape index (κ1) is 16.0. The highest BCUT2D eigenvalue weighted by atomic mass is 16.5. The van der Waals surface area contributed by atoms with Crippen LogP contribution in [0.4, 0.5) is 0 Å². The fourth-order valence-corrected chi connectivity index (χ4v) is 1.59. The van der Waals surface area contributed by atoms with Crippen LogP contribution in [0.2, 0.25) is 0 Å². The number of ether oxygens (including phenoxy) is 1. The van der Waals surface area contributed by atoms with E-state index in [1.165, 1.54) is 45.6 Å². The number of methoxy groups -OCH3 is 1. The van der Waals surface area contributed by atoms with Gasteiger partial charge in [-0.1, -0.05) is 39.0 Å². The van der Waals surface area contributed by atoms with Gasteiger partial charge in [-0.15, -0.1) is 11.8 Å². The molecule has 17 heavy (non-hydrogen) atoms. The van der Waals surface area contributed by atoms with Crippen LogP contribution in [0.25, 0.3) is 0 Å². The van der Waals surface area contributed by atoms with Crippen molar-refractivity contribution in [2.24, 2.45) is 0 Å². The quantitative estimate of drug-likeness (QED) is 0.343. The first-order chi connectivity index (χ1) is 8.31. The van der Waals surface area contributed by atoms with Gasteiger partial charge in [0.1, 0.15) is 0 Å². The summed E-state index contributed by atoms with van der Waals surface area (Å²) >= 11 is 0. The zero-order chi connectivity index (χ0) is 12.8. The number of carbonyl (C=O) groups excluding carboxylic acids is 1. The summed E-state index contributed by atoms with van der Waals surface area (Å²) in [6.07, 6.45) is 11.0. The topological polar surface area (TPSA) is 26.3 Å². The van der Waals surface area contributed by atoms with Gasteiger partial charge in [-0.3, -0.25) is 4.79 Å². The molecular formula is C15H26O2. The summed E-state index contributed by atoms with van der Waals surface area (Å²) in [5, 5.41) is 0. The Kier molecular flexibility index (Phi) is 12.3. The van der Waals surface area contributed by atoms with Crippen molar-refractivity contribution >= 4 is 5.97 Å². The van der Waals surface area contributed by atoms with E-state index in [0.717, 1.165) is 19.3 Å². The number of rotatable bonds is 9. The van der Waals surface area contributed by atoms with E-state index in [0.29, 0.717) is 6.42 Å².